The van der Waals surface area contributed by atoms with E-state index in [-0.39, 0.29) is 22.5 Å². The molecule has 0 saturated heterocycles. The fourth-order valence-electron chi connectivity index (χ4n) is 3.23. The number of ether oxygens (including phenoxy) is 1. The summed E-state index contributed by atoms with van der Waals surface area (Å²) in [5.74, 6) is -0.584. The van der Waals surface area contributed by atoms with Crippen molar-refractivity contribution < 1.29 is 22.5 Å². The Balaban J connectivity index is 1.85. The average Bonchev–Trinajstić information content (AvgIpc) is 3.22. The third-order valence-corrected chi connectivity index (χ3v) is 6.03. The van der Waals surface area contributed by atoms with Crippen molar-refractivity contribution in [2.75, 3.05) is 0 Å². The maximum Gasteiger partial charge on any atom is 0.269 e. The Labute approximate surface area is 152 Å². The molecule has 0 aliphatic heterocycles. The molecule has 1 fully saturated rings. The van der Waals surface area contributed by atoms with E-state index in [0.29, 0.717) is 5.56 Å². The largest absolute Gasteiger partial charge is 0.360 e. The van der Waals surface area contributed by atoms with Gasteiger partial charge in [-0.3, -0.25) is 4.79 Å². The van der Waals surface area contributed by atoms with E-state index >= 15 is 0 Å². The zero-order valence-corrected chi connectivity index (χ0v) is 15.6. The Bertz CT molecular complexity index is 851. The van der Waals surface area contributed by atoms with Gasteiger partial charge in [-0.1, -0.05) is 48.3 Å². The predicted molar refractivity (Wildman–Crippen MR) is 93.8 cm³/mol. The fourth-order valence-corrected chi connectivity index (χ4v) is 4.55. The molecule has 1 N–H and O–H groups in total. The minimum atomic E-state index is -4.10. The standard InChI is InChI=1S/C18H22N2O5S/c1-12-17(13(2)25-19-12)26(22,23)20-18(21)16(14-8-4-3-5-9-14)24-15-10-6-7-11-15/h3-5,8-9,15-16H,6-7,10-11H2,1-2H3,(H,20,21)/t16-/m1/s1. The summed E-state index contributed by atoms with van der Waals surface area (Å²) in [4.78, 5) is 12.7. The van der Waals surface area contributed by atoms with Crippen LogP contribution < -0.4 is 4.72 Å². The monoisotopic (exact) mass is 378 g/mol. The van der Waals surface area contributed by atoms with Crippen LogP contribution >= 0.6 is 0 Å². The number of carbonyl (C=O) groups is 1. The van der Waals surface area contributed by atoms with E-state index in [1.165, 1.54) is 13.8 Å². The number of amides is 1. The number of benzene rings is 1. The van der Waals surface area contributed by atoms with Crippen LogP contribution in [0.3, 0.4) is 0 Å². The number of sulfonamides is 1. The summed E-state index contributed by atoms with van der Waals surface area (Å²) in [5, 5.41) is 3.64. The summed E-state index contributed by atoms with van der Waals surface area (Å²) in [6, 6.07) is 8.91. The minimum Gasteiger partial charge on any atom is -0.360 e. The van der Waals surface area contributed by atoms with Crippen LogP contribution in [-0.4, -0.2) is 25.6 Å². The molecule has 1 heterocycles. The van der Waals surface area contributed by atoms with Gasteiger partial charge in [-0.25, -0.2) is 13.1 Å². The first kappa shape index (κ1) is 18.6. The Morgan fingerprint density at radius 2 is 1.88 bits per heavy atom. The van der Waals surface area contributed by atoms with Crippen LogP contribution in [0.4, 0.5) is 0 Å². The number of hydrogen-bond acceptors (Lipinski definition) is 6. The van der Waals surface area contributed by atoms with Crippen molar-refractivity contribution in [2.24, 2.45) is 0 Å². The second kappa shape index (κ2) is 7.59. The first-order chi connectivity index (χ1) is 12.4. The first-order valence-electron chi connectivity index (χ1n) is 8.58. The molecule has 0 bridgehead atoms. The zero-order valence-electron chi connectivity index (χ0n) is 14.8. The summed E-state index contributed by atoms with van der Waals surface area (Å²) in [6.45, 7) is 3.00. The van der Waals surface area contributed by atoms with E-state index in [1.54, 1.807) is 24.3 Å². The maximum atomic E-state index is 12.8. The van der Waals surface area contributed by atoms with E-state index in [0.717, 1.165) is 25.7 Å². The highest BCUT2D eigenvalue weighted by Crippen LogP contribution is 2.29. The molecular formula is C18H22N2O5S. The number of rotatable bonds is 6. The molecule has 3 rings (SSSR count). The first-order valence-corrected chi connectivity index (χ1v) is 10.1. The predicted octanol–water partition coefficient (Wildman–Crippen LogP) is 2.80. The van der Waals surface area contributed by atoms with Crippen LogP contribution in [0.2, 0.25) is 0 Å². The summed E-state index contributed by atoms with van der Waals surface area (Å²) < 4.78 is 38.3. The molecule has 0 radical (unpaired) electrons. The molecule has 1 atom stereocenters. The van der Waals surface area contributed by atoms with Crippen LogP contribution in [0.25, 0.3) is 0 Å². The van der Waals surface area contributed by atoms with Crippen molar-refractivity contribution in [3.8, 4) is 0 Å². The number of nitrogens with one attached hydrogen (secondary N) is 1. The molecule has 1 aliphatic rings. The Morgan fingerprint density at radius 3 is 2.46 bits per heavy atom. The smallest absolute Gasteiger partial charge is 0.269 e. The van der Waals surface area contributed by atoms with E-state index in [2.05, 4.69) is 9.88 Å². The molecule has 1 saturated carbocycles. The Kier molecular flexibility index (Phi) is 5.43. The van der Waals surface area contributed by atoms with Crippen molar-refractivity contribution in [3.63, 3.8) is 0 Å². The zero-order chi connectivity index (χ0) is 18.7. The van der Waals surface area contributed by atoms with Crippen LogP contribution in [-0.2, 0) is 19.6 Å². The molecule has 0 spiro atoms. The van der Waals surface area contributed by atoms with Gasteiger partial charge < -0.3 is 9.26 Å². The maximum absolute atomic E-state index is 12.8. The Hall–Kier alpha value is -2.19. The normalized spacial score (nSPS) is 16.5. The highest BCUT2D eigenvalue weighted by atomic mass is 32.2. The third-order valence-electron chi connectivity index (χ3n) is 4.44. The highest BCUT2D eigenvalue weighted by molar-refractivity contribution is 7.90. The lowest BCUT2D eigenvalue weighted by Gasteiger charge is -2.21. The van der Waals surface area contributed by atoms with Crippen LogP contribution in [0.1, 0.15) is 48.8 Å². The quantitative estimate of drug-likeness (QED) is 0.830. The van der Waals surface area contributed by atoms with Crippen molar-refractivity contribution in [1.82, 2.24) is 9.88 Å². The molecule has 1 aromatic carbocycles. The number of hydrogen-bond donors (Lipinski definition) is 1. The third kappa shape index (κ3) is 3.96. The summed E-state index contributed by atoms with van der Waals surface area (Å²) in [5.41, 5.74) is 0.821. The number of aryl methyl sites for hydroxylation is 2. The fraction of sp³-hybridized carbons (Fsp3) is 0.444. The number of nitrogens with zero attached hydrogens (tertiary/aromatic N) is 1. The second-order valence-corrected chi connectivity index (χ2v) is 8.08. The second-order valence-electron chi connectivity index (χ2n) is 6.46. The molecule has 1 amide bonds. The molecule has 7 nitrogen and oxygen atoms in total. The lowest BCUT2D eigenvalue weighted by molar-refractivity contribution is -0.135. The van der Waals surface area contributed by atoms with Gasteiger partial charge >= 0.3 is 0 Å². The molecule has 26 heavy (non-hydrogen) atoms. The molecule has 1 aliphatic carbocycles. The van der Waals surface area contributed by atoms with E-state index in [9.17, 15) is 13.2 Å². The number of carbonyl (C=O) groups excluding carboxylic acids is 1. The molecular weight excluding hydrogens is 356 g/mol. The molecule has 140 valence electrons. The molecule has 1 aromatic heterocycles. The van der Waals surface area contributed by atoms with Gasteiger partial charge in [0, 0.05) is 0 Å². The van der Waals surface area contributed by atoms with E-state index in [1.807, 2.05) is 6.07 Å². The van der Waals surface area contributed by atoms with Crippen molar-refractivity contribution in [2.45, 2.75) is 56.6 Å². The summed E-state index contributed by atoms with van der Waals surface area (Å²) in [6.07, 6.45) is 2.79. The SMILES string of the molecule is Cc1noc(C)c1S(=O)(=O)NC(=O)[C@H](OC1CCCC1)c1ccccc1. The van der Waals surface area contributed by atoms with Gasteiger partial charge in [0.1, 0.15) is 5.69 Å². The highest BCUT2D eigenvalue weighted by Gasteiger charge is 2.32. The topological polar surface area (TPSA) is 98.5 Å². The Morgan fingerprint density at radius 1 is 1.23 bits per heavy atom. The van der Waals surface area contributed by atoms with Crippen LogP contribution in [0.5, 0.6) is 0 Å². The average molecular weight is 378 g/mol. The number of aromatic nitrogens is 1. The van der Waals surface area contributed by atoms with Gasteiger partial charge in [-0.2, -0.15) is 0 Å². The lowest BCUT2D eigenvalue weighted by Crippen LogP contribution is -2.37. The van der Waals surface area contributed by atoms with Crippen LogP contribution in [0.15, 0.2) is 39.8 Å². The van der Waals surface area contributed by atoms with Gasteiger partial charge in [0.15, 0.2) is 16.8 Å². The van der Waals surface area contributed by atoms with Crippen molar-refractivity contribution >= 4 is 15.9 Å². The van der Waals surface area contributed by atoms with Gasteiger partial charge in [0.2, 0.25) is 0 Å². The van der Waals surface area contributed by atoms with Gasteiger partial charge in [-0.15, -0.1) is 0 Å². The van der Waals surface area contributed by atoms with Gasteiger partial charge in [0.25, 0.3) is 15.9 Å². The van der Waals surface area contributed by atoms with E-state index < -0.39 is 22.0 Å². The lowest BCUT2D eigenvalue weighted by atomic mass is 10.1. The molecule has 0 unspecified atom stereocenters. The van der Waals surface area contributed by atoms with Crippen molar-refractivity contribution in [3.05, 3.63) is 47.3 Å². The van der Waals surface area contributed by atoms with E-state index in [4.69, 9.17) is 9.26 Å². The van der Waals surface area contributed by atoms with Gasteiger partial charge in [-0.05, 0) is 32.3 Å². The summed E-state index contributed by atoms with van der Waals surface area (Å²) in [7, 11) is -4.10. The van der Waals surface area contributed by atoms with Crippen LogP contribution in [0, 0.1) is 13.8 Å². The van der Waals surface area contributed by atoms with Gasteiger partial charge in [0.05, 0.1) is 6.10 Å². The molecule has 2 aromatic rings. The molecule has 8 heteroatoms. The van der Waals surface area contributed by atoms with Crippen molar-refractivity contribution in [1.29, 1.82) is 0 Å². The minimum absolute atomic E-state index is 0.0484. The summed E-state index contributed by atoms with van der Waals surface area (Å²) >= 11 is 0.